The fourth-order valence-corrected chi connectivity index (χ4v) is 4.15. The minimum Gasteiger partial charge on any atom is -0.469 e. The number of H-pyrrole nitrogens is 2. The molecule has 140 valence electrons. The number of Topliss-reactive ketones (excluding diaryl/α,β-unsaturated/α-hetero) is 1. The normalized spacial score (nSPS) is 21.1. The number of hydrogen-bond donors (Lipinski definition) is 3. The third-order valence-electron chi connectivity index (χ3n) is 5.30. The molecule has 0 amide bonds. The number of pyridine rings is 1. The maximum Gasteiger partial charge on any atom is 0.327 e. The number of aromatic nitrogens is 3. The number of ketones is 1. The highest BCUT2D eigenvalue weighted by atomic mass is 16.3. The van der Waals surface area contributed by atoms with E-state index in [4.69, 9.17) is 4.42 Å². The summed E-state index contributed by atoms with van der Waals surface area (Å²) in [5.74, 6) is 0.309. The predicted molar refractivity (Wildman–Crippen MR) is 100 cm³/mol. The highest BCUT2D eigenvalue weighted by molar-refractivity contribution is 6.01. The SMILES string of the molecule is O=C1CC(c2ccco2)CC2=C1C(c1cccnc1)c1c([nH]c(=O)[nH]c1=O)N2. The molecule has 2 aliphatic rings. The number of rotatable bonds is 2. The van der Waals surface area contributed by atoms with E-state index in [1.807, 2.05) is 12.1 Å². The summed E-state index contributed by atoms with van der Waals surface area (Å²) >= 11 is 0. The maximum atomic E-state index is 13.2. The maximum absolute atomic E-state index is 13.2. The highest BCUT2D eigenvalue weighted by Gasteiger charge is 2.40. The molecular formula is C20H16N4O4. The van der Waals surface area contributed by atoms with Gasteiger partial charge in [0, 0.05) is 41.9 Å². The molecule has 0 saturated heterocycles. The number of furan rings is 1. The zero-order chi connectivity index (χ0) is 19.3. The molecule has 8 heteroatoms. The van der Waals surface area contributed by atoms with Gasteiger partial charge in [-0.1, -0.05) is 6.07 Å². The molecule has 4 heterocycles. The molecule has 2 unspecified atom stereocenters. The van der Waals surface area contributed by atoms with Crippen LogP contribution in [-0.2, 0) is 4.79 Å². The standard InChI is InChI=1S/C20H16N4O4/c25-13-8-11(14-4-2-6-28-14)7-12-16(13)15(10-3-1-5-21-9-10)17-18(22-12)23-20(27)24-19(17)26/h1-6,9,11,15H,7-8H2,(H3,22,23,24,26,27). The highest BCUT2D eigenvalue weighted by Crippen LogP contribution is 2.45. The van der Waals surface area contributed by atoms with E-state index in [1.54, 1.807) is 30.8 Å². The Kier molecular flexibility index (Phi) is 3.65. The van der Waals surface area contributed by atoms with Gasteiger partial charge in [0.2, 0.25) is 0 Å². The van der Waals surface area contributed by atoms with Crippen molar-refractivity contribution in [3.8, 4) is 0 Å². The van der Waals surface area contributed by atoms with Gasteiger partial charge >= 0.3 is 5.69 Å². The van der Waals surface area contributed by atoms with E-state index in [-0.39, 0.29) is 11.7 Å². The molecule has 0 saturated carbocycles. The summed E-state index contributed by atoms with van der Waals surface area (Å²) in [4.78, 5) is 46.7. The van der Waals surface area contributed by atoms with E-state index >= 15 is 0 Å². The van der Waals surface area contributed by atoms with Crippen molar-refractivity contribution in [1.29, 1.82) is 0 Å². The fraction of sp³-hybridized carbons (Fsp3) is 0.200. The molecule has 8 nitrogen and oxygen atoms in total. The van der Waals surface area contributed by atoms with Gasteiger partial charge in [-0.25, -0.2) is 4.79 Å². The lowest BCUT2D eigenvalue weighted by Gasteiger charge is -2.34. The van der Waals surface area contributed by atoms with Crippen molar-refractivity contribution in [2.45, 2.75) is 24.7 Å². The van der Waals surface area contributed by atoms with Crippen LogP contribution < -0.4 is 16.6 Å². The van der Waals surface area contributed by atoms with E-state index in [0.717, 1.165) is 11.3 Å². The smallest absolute Gasteiger partial charge is 0.327 e. The summed E-state index contributed by atoms with van der Waals surface area (Å²) in [6.45, 7) is 0. The zero-order valence-corrected chi connectivity index (χ0v) is 14.7. The van der Waals surface area contributed by atoms with Crippen molar-refractivity contribution in [2.24, 2.45) is 0 Å². The van der Waals surface area contributed by atoms with Crippen molar-refractivity contribution in [1.82, 2.24) is 15.0 Å². The fourth-order valence-electron chi connectivity index (χ4n) is 4.15. The molecule has 5 rings (SSSR count). The third-order valence-corrected chi connectivity index (χ3v) is 5.30. The van der Waals surface area contributed by atoms with Crippen LogP contribution in [0.2, 0.25) is 0 Å². The Labute approximate surface area is 158 Å². The second-order valence-electron chi connectivity index (χ2n) is 6.98. The first-order chi connectivity index (χ1) is 13.6. The number of fused-ring (bicyclic) bond motifs is 1. The second-order valence-corrected chi connectivity index (χ2v) is 6.98. The summed E-state index contributed by atoms with van der Waals surface area (Å²) < 4.78 is 5.49. The van der Waals surface area contributed by atoms with Gasteiger partial charge in [-0.05, 0) is 30.2 Å². The minimum absolute atomic E-state index is 0.0553. The average Bonchev–Trinajstić information content (AvgIpc) is 3.21. The summed E-state index contributed by atoms with van der Waals surface area (Å²) in [7, 11) is 0. The molecule has 0 bridgehead atoms. The van der Waals surface area contributed by atoms with E-state index < -0.39 is 17.2 Å². The number of allylic oxidation sites excluding steroid dienone is 2. The Morgan fingerprint density at radius 1 is 1.07 bits per heavy atom. The van der Waals surface area contributed by atoms with Gasteiger partial charge in [0.05, 0.1) is 11.8 Å². The average molecular weight is 376 g/mol. The van der Waals surface area contributed by atoms with E-state index in [0.29, 0.717) is 35.5 Å². The molecule has 0 radical (unpaired) electrons. The van der Waals surface area contributed by atoms with Gasteiger partial charge in [0.25, 0.3) is 5.56 Å². The first-order valence-corrected chi connectivity index (χ1v) is 8.95. The zero-order valence-electron chi connectivity index (χ0n) is 14.7. The van der Waals surface area contributed by atoms with E-state index in [1.165, 1.54) is 0 Å². The van der Waals surface area contributed by atoms with Gasteiger partial charge in [0.1, 0.15) is 11.6 Å². The number of hydrogen-bond acceptors (Lipinski definition) is 6. The molecule has 0 spiro atoms. The van der Waals surface area contributed by atoms with Crippen molar-refractivity contribution >= 4 is 11.6 Å². The Balaban J connectivity index is 1.71. The van der Waals surface area contributed by atoms with Crippen LogP contribution in [0.25, 0.3) is 0 Å². The van der Waals surface area contributed by atoms with Gasteiger partial charge in [-0.15, -0.1) is 0 Å². The van der Waals surface area contributed by atoms with Crippen molar-refractivity contribution in [2.75, 3.05) is 5.32 Å². The summed E-state index contributed by atoms with van der Waals surface area (Å²) in [6, 6.07) is 7.23. The van der Waals surface area contributed by atoms with Crippen LogP contribution in [0.4, 0.5) is 5.82 Å². The molecule has 28 heavy (non-hydrogen) atoms. The summed E-state index contributed by atoms with van der Waals surface area (Å²) in [5.41, 5.74) is 1.15. The van der Waals surface area contributed by atoms with Crippen molar-refractivity contribution in [3.63, 3.8) is 0 Å². The van der Waals surface area contributed by atoms with Crippen molar-refractivity contribution in [3.05, 3.63) is 91.9 Å². The van der Waals surface area contributed by atoms with Gasteiger partial charge in [-0.3, -0.25) is 24.5 Å². The van der Waals surface area contributed by atoms with Crippen molar-refractivity contribution < 1.29 is 9.21 Å². The molecule has 0 fully saturated rings. The monoisotopic (exact) mass is 376 g/mol. The Morgan fingerprint density at radius 2 is 1.96 bits per heavy atom. The second kappa shape index (κ2) is 6.19. The Hall–Kier alpha value is -3.68. The van der Waals surface area contributed by atoms with Crippen LogP contribution >= 0.6 is 0 Å². The van der Waals surface area contributed by atoms with Gasteiger partial charge in [-0.2, -0.15) is 0 Å². The van der Waals surface area contributed by atoms with Crippen LogP contribution in [-0.4, -0.2) is 20.7 Å². The number of nitrogens with one attached hydrogen (secondary N) is 3. The molecule has 3 aromatic rings. The quantitative estimate of drug-likeness (QED) is 0.629. The van der Waals surface area contributed by atoms with E-state index in [2.05, 4.69) is 20.3 Å². The first-order valence-electron chi connectivity index (χ1n) is 8.95. The molecular weight excluding hydrogens is 360 g/mol. The van der Waals surface area contributed by atoms with Crippen LogP contribution in [0.15, 0.2) is 68.2 Å². The largest absolute Gasteiger partial charge is 0.469 e. The van der Waals surface area contributed by atoms with Gasteiger partial charge < -0.3 is 9.73 Å². The molecule has 0 aromatic carbocycles. The van der Waals surface area contributed by atoms with Crippen LogP contribution in [0.5, 0.6) is 0 Å². The lowest BCUT2D eigenvalue weighted by Crippen LogP contribution is -2.37. The Bertz CT molecular complexity index is 1210. The number of carbonyl (C=O) groups excluding carboxylic acids is 1. The molecule has 3 N–H and O–H groups in total. The lowest BCUT2D eigenvalue weighted by atomic mass is 9.74. The van der Waals surface area contributed by atoms with Gasteiger partial charge in [0.15, 0.2) is 5.78 Å². The first kappa shape index (κ1) is 16.5. The Morgan fingerprint density at radius 3 is 2.71 bits per heavy atom. The number of aromatic amines is 2. The molecule has 2 atom stereocenters. The molecule has 1 aliphatic carbocycles. The third kappa shape index (κ3) is 2.53. The van der Waals surface area contributed by atoms with E-state index in [9.17, 15) is 14.4 Å². The molecule has 3 aromatic heterocycles. The van der Waals surface area contributed by atoms with Crippen LogP contribution in [0.3, 0.4) is 0 Å². The van der Waals surface area contributed by atoms with Crippen LogP contribution in [0.1, 0.15) is 41.6 Å². The summed E-state index contributed by atoms with van der Waals surface area (Å²) in [5, 5.41) is 3.12. The van der Waals surface area contributed by atoms with Crippen LogP contribution in [0, 0.1) is 0 Å². The molecule has 1 aliphatic heterocycles. The summed E-state index contributed by atoms with van der Waals surface area (Å²) in [6.07, 6.45) is 5.69. The number of anilines is 1. The lowest BCUT2D eigenvalue weighted by molar-refractivity contribution is -0.116. The number of carbonyl (C=O) groups is 1. The minimum atomic E-state index is -0.602. The predicted octanol–water partition coefficient (Wildman–Crippen LogP) is 2.01. The number of nitrogens with zero attached hydrogens (tertiary/aromatic N) is 1. The topological polar surface area (TPSA) is 121 Å².